The second kappa shape index (κ2) is 4.30. The molecular formula is C13H9NOS. The summed E-state index contributed by atoms with van der Waals surface area (Å²) < 4.78 is 0. The fraction of sp³-hybridized carbons (Fsp3) is 0.0769. The first-order valence-electron chi connectivity index (χ1n) is 4.82. The van der Waals surface area contributed by atoms with E-state index in [0.29, 0.717) is 5.56 Å². The Morgan fingerprint density at radius 3 is 2.62 bits per heavy atom. The van der Waals surface area contributed by atoms with Gasteiger partial charge in [0, 0.05) is 10.4 Å². The lowest BCUT2D eigenvalue weighted by Gasteiger charge is -1.98. The summed E-state index contributed by atoms with van der Waals surface area (Å²) in [5, 5.41) is 8.98. The Morgan fingerprint density at radius 2 is 2.00 bits per heavy atom. The summed E-state index contributed by atoms with van der Waals surface area (Å²) in [5.41, 5.74) is 1.53. The summed E-state index contributed by atoms with van der Waals surface area (Å²) in [5.74, 6) is 0.0608. The molecular weight excluding hydrogens is 218 g/mol. The van der Waals surface area contributed by atoms with Crippen LogP contribution in [0.25, 0.3) is 10.4 Å². The van der Waals surface area contributed by atoms with Crippen molar-refractivity contribution >= 4 is 17.1 Å². The minimum Gasteiger partial charge on any atom is -0.294 e. The first-order valence-corrected chi connectivity index (χ1v) is 5.64. The third kappa shape index (κ3) is 1.88. The topological polar surface area (TPSA) is 40.9 Å². The van der Waals surface area contributed by atoms with E-state index in [4.69, 9.17) is 5.26 Å². The molecule has 2 nitrogen and oxygen atoms in total. The van der Waals surface area contributed by atoms with Crippen LogP contribution in [0.5, 0.6) is 0 Å². The minimum absolute atomic E-state index is 0.0608. The molecule has 0 aliphatic heterocycles. The number of carbonyl (C=O) groups excluding carboxylic acids is 1. The zero-order valence-corrected chi connectivity index (χ0v) is 9.54. The van der Waals surface area contributed by atoms with Gasteiger partial charge < -0.3 is 0 Å². The number of Topliss-reactive ketones (excluding diaryl/α,β-unsaturated/α-hetero) is 1. The van der Waals surface area contributed by atoms with Gasteiger partial charge in [-0.2, -0.15) is 5.26 Å². The van der Waals surface area contributed by atoms with Crippen molar-refractivity contribution in [2.24, 2.45) is 0 Å². The summed E-state index contributed by atoms with van der Waals surface area (Å²) in [7, 11) is 0. The van der Waals surface area contributed by atoms with Gasteiger partial charge in [-0.3, -0.25) is 4.79 Å². The molecule has 1 aromatic carbocycles. The highest BCUT2D eigenvalue weighted by Gasteiger charge is 2.08. The fourth-order valence-corrected chi connectivity index (χ4v) is 2.41. The third-order valence-electron chi connectivity index (χ3n) is 2.27. The molecule has 0 saturated carbocycles. The number of benzene rings is 1. The molecule has 3 heteroatoms. The Morgan fingerprint density at radius 1 is 1.25 bits per heavy atom. The van der Waals surface area contributed by atoms with Gasteiger partial charge in [0.2, 0.25) is 0 Å². The molecule has 1 heterocycles. The Balaban J connectivity index is 2.51. The van der Waals surface area contributed by atoms with E-state index < -0.39 is 0 Å². The predicted molar refractivity (Wildman–Crippen MR) is 64.5 cm³/mol. The van der Waals surface area contributed by atoms with Crippen LogP contribution in [0.2, 0.25) is 0 Å². The van der Waals surface area contributed by atoms with Crippen LogP contribution < -0.4 is 0 Å². The van der Waals surface area contributed by atoms with Crippen molar-refractivity contribution in [2.45, 2.75) is 6.92 Å². The molecule has 0 bridgehead atoms. The van der Waals surface area contributed by atoms with Gasteiger partial charge in [0.15, 0.2) is 5.78 Å². The molecule has 16 heavy (non-hydrogen) atoms. The second-order valence-electron chi connectivity index (χ2n) is 3.38. The number of carbonyl (C=O) groups is 1. The number of nitrogens with zero attached hydrogens (tertiary/aromatic N) is 1. The van der Waals surface area contributed by atoms with Crippen molar-refractivity contribution in [3.63, 3.8) is 0 Å². The molecule has 1 aromatic heterocycles. The lowest BCUT2D eigenvalue weighted by atomic mass is 10.1. The predicted octanol–water partition coefficient (Wildman–Crippen LogP) is 3.49. The van der Waals surface area contributed by atoms with Crippen LogP contribution in [0.1, 0.15) is 22.2 Å². The maximum atomic E-state index is 11.2. The van der Waals surface area contributed by atoms with E-state index in [-0.39, 0.29) is 5.78 Å². The Kier molecular flexibility index (Phi) is 2.84. The number of hydrogen-bond acceptors (Lipinski definition) is 3. The highest BCUT2D eigenvalue weighted by atomic mass is 32.1. The van der Waals surface area contributed by atoms with E-state index in [9.17, 15) is 4.79 Å². The van der Waals surface area contributed by atoms with Crippen LogP contribution in [-0.4, -0.2) is 5.78 Å². The van der Waals surface area contributed by atoms with Crippen molar-refractivity contribution in [1.82, 2.24) is 0 Å². The zero-order chi connectivity index (χ0) is 11.5. The van der Waals surface area contributed by atoms with Gasteiger partial charge in [-0.15, -0.1) is 11.3 Å². The third-order valence-corrected chi connectivity index (χ3v) is 3.49. The van der Waals surface area contributed by atoms with Gasteiger partial charge in [0.25, 0.3) is 0 Å². The SMILES string of the molecule is CC(=O)c1ccc(-c2ccccc2C#N)s1. The van der Waals surface area contributed by atoms with Crippen LogP contribution in [0, 0.1) is 11.3 Å². The Labute approximate surface area is 97.8 Å². The van der Waals surface area contributed by atoms with Gasteiger partial charge in [-0.25, -0.2) is 0 Å². The van der Waals surface area contributed by atoms with Gasteiger partial charge in [-0.1, -0.05) is 18.2 Å². The van der Waals surface area contributed by atoms with E-state index in [1.807, 2.05) is 24.3 Å². The van der Waals surface area contributed by atoms with Gasteiger partial charge in [-0.05, 0) is 25.1 Å². The number of thiophene rings is 1. The van der Waals surface area contributed by atoms with Gasteiger partial charge in [0.05, 0.1) is 16.5 Å². The quantitative estimate of drug-likeness (QED) is 0.737. The standard InChI is InChI=1S/C13H9NOS/c1-9(15)12-6-7-13(16-12)11-5-3-2-4-10(11)8-14/h2-7H,1H3. The van der Waals surface area contributed by atoms with Crippen molar-refractivity contribution in [3.8, 4) is 16.5 Å². The maximum absolute atomic E-state index is 11.2. The molecule has 78 valence electrons. The highest BCUT2D eigenvalue weighted by molar-refractivity contribution is 7.17. The molecule has 0 amide bonds. The zero-order valence-electron chi connectivity index (χ0n) is 8.73. The molecule has 0 radical (unpaired) electrons. The van der Waals surface area contributed by atoms with Crippen LogP contribution in [0.15, 0.2) is 36.4 Å². The maximum Gasteiger partial charge on any atom is 0.169 e. The van der Waals surface area contributed by atoms with Crippen molar-refractivity contribution in [2.75, 3.05) is 0 Å². The summed E-state index contributed by atoms with van der Waals surface area (Å²) in [4.78, 5) is 12.9. The van der Waals surface area contributed by atoms with E-state index >= 15 is 0 Å². The molecule has 0 unspecified atom stereocenters. The van der Waals surface area contributed by atoms with Crippen molar-refractivity contribution < 1.29 is 4.79 Å². The average molecular weight is 227 g/mol. The Bertz CT molecular complexity index is 578. The molecule has 0 N–H and O–H groups in total. The molecule has 0 aliphatic carbocycles. The minimum atomic E-state index is 0.0608. The lowest BCUT2D eigenvalue weighted by molar-refractivity contribution is 0.102. The normalized spacial score (nSPS) is 9.75. The summed E-state index contributed by atoms with van der Waals surface area (Å²) in [6, 6.07) is 13.2. The smallest absolute Gasteiger partial charge is 0.169 e. The fourth-order valence-electron chi connectivity index (χ4n) is 1.47. The number of nitriles is 1. The van der Waals surface area contributed by atoms with Gasteiger partial charge in [0.1, 0.15) is 0 Å². The van der Waals surface area contributed by atoms with Gasteiger partial charge >= 0.3 is 0 Å². The van der Waals surface area contributed by atoms with Crippen LogP contribution >= 0.6 is 11.3 Å². The first-order chi connectivity index (χ1) is 7.72. The molecule has 2 aromatic rings. The van der Waals surface area contributed by atoms with E-state index in [0.717, 1.165) is 15.3 Å². The average Bonchev–Trinajstić information content (AvgIpc) is 2.78. The first kappa shape index (κ1) is 10.6. The van der Waals surface area contributed by atoms with E-state index in [2.05, 4.69) is 6.07 Å². The van der Waals surface area contributed by atoms with E-state index in [1.54, 1.807) is 19.1 Å². The summed E-state index contributed by atoms with van der Waals surface area (Å²) in [6.07, 6.45) is 0. The monoisotopic (exact) mass is 227 g/mol. The van der Waals surface area contributed by atoms with Crippen LogP contribution in [0.3, 0.4) is 0 Å². The number of rotatable bonds is 2. The second-order valence-corrected chi connectivity index (χ2v) is 4.46. The van der Waals surface area contributed by atoms with Crippen molar-refractivity contribution in [3.05, 3.63) is 46.8 Å². The Hall–Kier alpha value is -1.92. The molecule has 0 spiro atoms. The largest absolute Gasteiger partial charge is 0.294 e. The molecule has 0 fully saturated rings. The van der Waals surface area contributed by atoms with E-state index in [1.165, 1.54) is 11.3 Å². The van der Waals surface area contributed by atoms with Crippen LogP contribution in [0.4, 0.5) is 0 Å². The molecule has 2 rings (SSSR count). The number of ketones is 1. The molecule has 0 aliphatic rings. The van der Waals surface area contributed by atoms with Crippen molar-refractivity contribution in [1.29, 1.82) is 5.26 Å². The number of hydrogen-bond donors (Lipinski definition) is 0. The van der Waals surface area contributed by atoms with Crippen LogP contribution in [-0.2, 0) is 0 Å². The molecule has 0 saturated heterocycles. The highest BCUT2D eigenvalue weighted by Crippen LogP contribution is 2.30. The summed E-state index contributed by atoms with van der Waals surface area (Å²) in [6.45, 7) is 1.55. The summed E-state index contributed by atoms with van der Waals surface area (Å²) >= 11 is 1.42. The molecule has 0 atom stereocenters. The lowest BCUT2D eigenvalue weighted by Crippen LogP contribution is -1.83.